The summed E-state index contributed by atoms with van der Waals surface area (Å²) >= 11 is 17.8. The van der Waals surface area contributed by atoms with Gasteiger partial charge in [0, 0.05) is 27.7 Å². The van der Waals surface area contributed by atoms with Crippen LogP contribution in [0.4, 0.5) is 0 Å². The lowest BCUT2D eigenvalue weighted by atomic mass is 10.1. The molecule has 5 heteroatoms. The van der Waals surface area contributed by atoms with Crippen LogP contribution in [0.5, 0.6) is 0 Å². The zero-order valence-corrected chi connectivity index (χ0v) is 13.9. The van der Waals surface area contributed by atoms with E-state index in [0.29, 0.717) is 21.6 Å². The van der Waals surface area contributed by atoms with E-state index in [1.807, 2.05) is 24.3 Å². The summed E-state index contributed by atoms with van der Waals surface area (Å²) in [6.07, 6.45) is 3.84. The number of benzene rings is 2. The van der Waals surface area contributed by atoms with Gasteiger partial charge in [-0.05, 0) is 47.9 Å². The van der Waals surface area contributed by atoms with Crippen molar-refractivity contribution >= 4 is 46.8 Å². The van der Waals surface area contributed by atoms with Crippen molar-refractivity contribution in [2.75, 3.05) is 6.54 Å². The Hall–Kier alpha value is -1.48. The molecule has 0 saturated heterocycles. The highest BCUT2D eigenvalue weighted by Crippen LogP contribution is 2.21. The fourth-order valence-corrected chi connectivity index (χ4v) is 2.57. The molecule has 1 N–H and O–H groups in total. The van der Waals surface area contributed by atoms with Crippen LogP contribution in [0.3, 0.4) is 0 Å². The molecule has 0 bridgehead atoms. The monoisotopic (exact) mass is 353 g/mol. The first kappa shape index (κ1) is 16.9. The maximum atomic E-state index is 11.8. The summed E-state index contributed by atoms with van der Waals surface area (Å²) in [6, 6.07) is 12.7. The molecule has 0 heterocycles. The minimum atomic E-state index is -0.173. The standard InChI is InChI=1S/C17H14Cl3NO/c18-14-3-1-2-12(10-14)8-9-21-17(22)7-5-13-4-6-15(19)11-16(13)20/h1-7,10-11H,8-9H2,(H,21,22). The van der Waals surface area contributed by atoms with Gasteiger partial charge in [-0.25, -0.2) is 0 Å². The molecule has 0 unspecified atom stereocenters. The number of halogens is 3. The van der Waals surface area contributed by atoms with E-state index in [1.54, 1.807) is 24.3 Å². The lowest BCUT2D eigenvalue weighted by molar-refractivity contribution is -0.116. The van der Waals surface area contributed by atoms with Crippen molar-refractivity contribution in [1.82, 2.24) is 5.32 Å². The van der Waals surface area contributed by atoms with Crippen LogP contribution in [0.15, 0.2) is 48.5 Å². The predicted molar refractivity (Wildman–Crippen MR) is 93.7 cm³/mol. The summed E-state index contributed by atoms with van der Waals surface area (Å²) in [7, 11) is 0. The van der Waals surface area contributed by atoms with E-state index in [2.05, 4.69) is 5.32 Å². The lowest BCUT2D eigenvalue weighted by Gasteiger charge is -2.03. The van der Waals surface area contributed by atoms with Gasteiger partial charge in [0.2, 0.25) is 5.91 Å². The molecule has 1 amide bonds. The normalized spacial score (nSPS) is 10.9. The lowest BCUT2D eigenvalue weighted by Crippen LogP contribution is -2.23. The molecule has 0 aromatic heterocycles. The van der Waals surface area contributed by atoms with Crippen molar-refractivity contribution in [2.45, 2.75) is 6.42 Å². The van der Waals surface area contributed by atoms with E-state index < -0.39 is 0 Å². The maximum absolute atomic E-state index is 11.8. The predicted octanol–water partition coefficient (Wildman–Crippen LogP) is 5.02. The Bertz CT molecular complexity index is 698. The zero-order chi connectivity index (χ0) is 15.9. The van der Waals surface area contributed by atoms with Crippen molar-refractivity contribution in [1.29, 1.82) is 0 Å². The van der Waals surface area contributed by atoms with Gasteiger partial charge in [-0.2, -0.15) is 0 Å². The van der Waals surface area contributed by atoms with Crippen molar-refractivity contribution in [3.05, 3.63) is 74.7 Å². The van der Waals surface area contributed by atoms with E-state index >= 15 is 0 Å². The number of rotatable bonds is 5. The first-order valence-electron chi connectivity index (χ1n) is 6.70. The largest absolute Gasteiger partial charge is 0.352 e. The van der Waals surface area contributed by atoms with Gasteiger partial charge in [-0.3, -0.25) is 4.79 Å². The molecule has 0 aliphatic carbocycles. The molecule has 114 valence electrons. The highest BCUT2D eigenvalue weighted by Gasteiger charge is 2.00. The van der Waals surface area contributed by atoms with Gasteiger partial charge in [-0.15, -0.1) is 0 Å². The van der Waals surface area contributed by atoms with Crippen LogP contribution < -0.4 is 5.32 Å². The molecule has 0 atom stereocenters. The van der Waals surface area contributed by atoms with Gasteiger partial charge in [0.15, 0.2) is 0 Å². The van der Waals surface area contributed by atoms with E-state index in [-0.39, 0.29) is 5.91 Å². The molecular formula is C17H14Cl3NO. The Morgan fingerprint density at radius 3 is 2.55 bits per heavy atom. The van der Waals surface area contributed by atoms with Gasteiger partial charge in [0.1, 0.15) is 0 Å². The van der Waals surface area contributed by atoms with Crippen LogP contribution in [0.2, 0.25) is 15.1 Å². The third-order valence-corrected chi connectivity index (χ3v) is 3.78. The molecule has 22 heavy (non-hydrogen) atoms. The quantitative estimate of drug-likeness (QED) is 0.751. The number of carbonyl (C=O) groups excluding carboxylic acids is 1. The molecular weight excluding hydrogens is 341 g/mol. The second kappa shape index (κ2) is 8.23. The van der Waals surface area contributed by atoms with Crippen molar-refractivity contribution in [3.63, 3.8) is 0 Å². The van der Waals surface area contributed by atoms with Crippen LogP contribution >= 0.6 is 34.8 Å². The van der Waals surface area contributed by atoms with E-state index in [0.717, 1.165) is 17.5 Å². The molecule has 0 fully saturated rings. The summed E-state index contributed by atoms with van der Waals surface area (Å²) in [5.41, 5.74) is 1.83. The van der Waals surface area contributed by atoms with Crippen molar-refractivity contribution < 1.29 is 4.79 Å². The average molecular weight is 355 g/mol. The summed E-state index contributed by atoms with van der Waals surface area (Å²) in [4.78, 5) is 11.8. The maximum Gasteiger partial charge on any atom is 0.244 e. The molecule has 0 aliphatic heterocycles. The SMILES string of the molecule is O=C(C=Cc1ccc(Cl)cc1Cl)NCCc1cccc(Cl)c1. The second-order valence-corrected chi connectivity index (χ2v) is 5.95. The molecule has 0 radical (unpaired) electrons. The third-order valence-electron chi connectivity index (χ3n) is 2.98. The summed E-state index contributed by atoms with van der Waals surface area (Å²) < 4.78 is 0. The minimum absolute atomic E-state index is 0.173. The minimum Gasteiger partial charge on any atom is -0.352 e. The molecule has 2 rings (SSSR count). The first-order chi connectivity index (χ1) is 10.5. The summed E-state index contributed by atoms with van der Waals surface area (Å²) in [6.45, 7) is 0.540. The van der Waals surface area contributed by atoms with Gasteiger partial charge in [0.25, 0.3) is 0 Å². The van der Waals surface area contributed by atoms with E-state index in [1.165, 1.54) is 6.08 Å². The Morgan fingerprint density at radius 1 is 1.05 bits per heavy atom. The zero-order valence-electron chi connectivity index (χ0n) is 11.7. The van der Waals surface area contributed by atoms with Gasteiger partial charge in [-0.1, -0.05) is 53.0 Å². The topological polar surface area (TPSA) is 29.1 Å². The van der Waals surface area contributed by atoms with Gasteiger partial charge >= 0.3 is 0 Å². The Kier molecular flexibility index (Phi) is 6.32. The van der Waals surface area contributed by atoms with Crippen LogP contribution in [-0.4, -0.2) is 12.5 Å². The number of nitrogens with one attached hydrogen (secondary N) is 1. The first-order valence-corrected chi connectivity index (χ1v) is 7.83. The fourth-order valence-electron chi connectivity index (χ4n) is 1.88. The molecule has 0 aliphatic rings. The molecule has 0 spiro atoms. The number of hydrogen-bond acceptors (Lipinski definition) is 1. The Labute approximate surface area is 144 Å². The molecule has 2 nitrogen and oxygen atoms in total. The van der Waals surface area contributed by atoms with Gasteiger partial charge in [0.05, 0.1) is 0 Å². The highest BCUT2D eigenvalue weighted by atomic mass is 35.5. The van der Waals surface area contributed by atoms with Crippen molar-refractivity contribution in [2.24, 2.45) is 0 Å². The molecule has 0 saturated carbocycles. The Morgan fingerprint density at radius 2 is 1.82 bits per heavy atom. The average Bonchev–Trinajstić information content (AvgIpc) is 2.46. The van der Waals surface area contributed by atoms with Crippen LogP contribution in [-0.2, 0) is 11.2 Å². The number of carbonyl (C=O) groups is 1. The van der Waals surface area contributed by atoms with E-state index in [4.69, 9.17) is 34.8 Å². The highest BCUT2D eigenvalue weighted by molar-refractivity contribution is 6.35. The second-order valence-electron chi connectivity index (χ2n) is 4.67. The molecule has 2 aromatic rings. The van der Waals surface area contributed by atoms with Crippen molar-refractivity contribution in [3.8, 4) is 0 Å². The van der Waals surface area contributed by atoms with Crippen LogP contribution in [0, 0.1) is 0 Å². The van der Waals surface area contributed by atoms with Crippen LogP contribution in [0.25, 0.3) is 6.08 Å². The fraction of sp³-hybridized carbons (Fsp3) is 0.118. The summed E-state index contributed by atoms with van der Waals surface area (Å²) in [5.74, 6) is -0.173. The number of amides is 1. The van der Waals surface area contributed by atoms with Crippen LogP contribution in [0.1, 0.15) is 11.1 Å². The number of hydrogen-bond donors (Lipinski definition) is 1. The Balaban J connectivity index is 1.84. The van der Waals surface area contributed by atoms with Gasteiger partial charge < -0.3 is 5.32 Å². The third kappa shape index (κ3) is 5.38. The molecule has 2 aromatic carbocycles. The summed E-state index contributed by atoms with van der Waals surface area (Å²) in [5, 5.41) is 4.58. The smallest absolute Gasteiger partial charge is 0.244 e. The van der Waals surface area contributed by atoms with E-state index in [9.17, 15) is 4.79 Å².